The van der Waals surface area contributed by atoms with E-state index in [4.69, 9.17) is 9.47 Å². The summed E-state index contributed by atoms with van der Waals surface area (Å²) in [5.41, 5.74) is 1.07. The van der Waals surface area contributed by atoms with Gasteiger partial charge in [-0.2, -0.15) is 0 Å². The van der Waals surface area contributed by atoms with Gasteiger partial charge in [-0.05, 0) is 36.4 Å². The second-order valence-electron chi connectivity index (χ2n) is 5.98. The molecule has 0 aliphatic rings. The van der Waals surface area contributed by atoms with Gasteiger partial charge in [0.15, 0.2) is 24.6 Å². The van der Waals surface area contributed by atoms with Crippen molar-refractivity contribution >= 4 is 23.2 Å². The van der Waals surface area contributed by atoms with E-state index in [2.05, 4.69) is 10.6 Å². The number of nitrogens with one attached hydrogen (secondary N) is 3. The van der Waals surface area contributed by atoms with Crippen LogP contribution in [0.2, 0.25) is 0 Å². The van der Waals surface area contributed by atoms with E-state index in [1.165, 1.54) is 38.5 Å². The van der Waals surface area contributed by atoms with Crippen molar-refractivity contribution in [3.63, 3.8) is 0 Å². The van der Waals surface area contributed by atoms with Gasteiger partial charge in [0.2, 0.25) is 0 Å². The third-order valence-electron chi connectivity index (χ3n) is 3.72. The molecule has 0 saturated carbocycles. The number of methoxy groups -OCH3 is 2. The van der Waals surface area contributed by atoms with Gasteiger partial charge in [-0.3, -0.25) is 9.59 Å². The number of anilines is 2. The van der Waals surface area contributed by atoms with E-state index in [0.717, 1.165) is 0 Å². The molecule has 0 fully saturated rings. The van der Waals surface area contributed by atoms with Gasteiger partial charge in [-0.25, -0.2) is 4.39 Å². The van der Waals surface area contributed by atoms with Gasteiger partial charge in [0.25, 0.3) is 11.8 Å². The normalized spacial score (nSPS) is 11.4. The summed E-state index contributed by atoms with van der Waals surface area (Å²) in [7, 11) is 4.78. The first-order valence-corrected chi connectivity index (χ1v) is 8.30. The van der Waals surface area contributed by atoms with Gasteiger partial charge < -0.3 is 25.0 Å². The molecule has 0 spiro atoms. The van der Waals surface area contributed by atoms with Crippen molar-refractivity contribution in [2.75, 3.05) is 45.0 Å². The summed E-state index contributed by atoms with van der Waals surface area (Å²) in [5.74, 6) is 0.195. The number of amides is 2. The Morgan fingerprint density at radius 2 is 1.41 bits per heavy atom. The minimum Gasteiger partial charge on any atom is -0.493 e. The molecule has 0 radical (unpaired) electrons. The number of carbonyl (C=O) groups is 2. The van der Waals surface area contributed by atoms with Crippen LogP contribution in [0.25, 0.3) is 0 Å². The zero-order valence-electron chi connectivity index (χ0n) is 15.5. The van der Waals surface area contributed by atoms with Crippen molar-refractivity contribution in [2.45, 2.75) is 0 Å². The number of rotatable bonds is 8. The van der Waals surface area contributed by atoms with E-state index in [1.54, 1.807) is 25.2 Å². The fraction of sp³-hybridized carbons (Fsp3) is 0.263. The van der Waals surface area contributed by atoms with Crippen LogP contribution in [-0.4, -0.2) is 46.2 Å². The second kappa shape index (κ2) is 9.54. The van der Waals surface area contributed by atoms with Crippen molar-refractivity contribution < 1.29 is 28.4 Å². The number of carbonyl (C=O) groups excluding carboxylic acids is 2. The molecule has 3 N–H and O–H groups in total. The van der Waals surface area contributed by atoms with E-state index in [0.29, 0.717) is 27.8 Å². The number of hydrogen-bond acceptors (Lipinski definition) is 4. The number of hydrogen-bond donors (Lipinski definition) is 3. The second-order valence-corrected chi connectivity index (χ2v) is 5.98. The highest BCUT2D eigenvalue weighted by Gasteiger charge is 2.15. The largest absolute Gasteiger partial charge is 0.493 e. The quantitative estimate of drug-likeness (QED) is 0.640. The maximum Gasteiger partial charge on any atom is 0.279 e. The molecule has 0 aromatic heterocycles. The molecule has 1 unspecified atom stereocenters. The SMILES string of the molecule is COc1ccc(NC(=O)C[NH+](C)CC(=O)Nc2ccc(F)cc2)cc1OC. The van der Waals surface area contributed by atoms with Crippen LogP contribution < -0.4 is 25.0 Å². The Hall–Kier alpha value is -3.13. The first-order valence-electron chi connectivity index (χ1n) is 8.30. The Morgan fingerprint density at radius 3 is 1.96 bits per heavy atom. The summed E-state index contributed by atoms with van der Waals surface area (Å²) in [4.78, 5) is 24.9. The Morgan fingerprint density at radius 1 is 0.889 bits per heavy atom. The lowest BCUT2D eigenvalue weighted by molar-refractivity contribution is -0.862. The summed E-state index contributed by atoms with van der Waals surface area (Å²) in [6, 6.07) is 10.6. The number of likely N-dealkylation sites (N-methyl/N-ethyl adjacent to an activating group) is 1. The molecule has 0 heterocycles. The van der Waals surface area contributed by atoms with E-state index in [1.807, 2.05) is 0 Å². The van der Waals surface area contributed by atoms with Crippen LogP contribution in [0.5, 0.6) is 11.5 Å². The zero-order chi connectivity index (χ0) is 19.8. The minimum absolute atomic E-state index is 0.0940. The Balaban J connectivity index is 1.84. The predicted octanol–water partition coefficient (Wildman–Crippen LogP) is 0.935. The van der Waals surface area contributed by atoms with Crippen LogP contribution in [0, 0.1) is 5.82 Å². The molecule has 7 nitrogen and oxygen atoms in total. The van der Waals surface area contributed by atoms with Gasteiger partial charge >= 0.3 is 0 Å². The third kappa shape index (κ3) is 6.27. The number of ether oxygens (including phenoxy) is 2. The molecule has 0 saturated heterocycles. The lowest BCUT2D eigenvalue weighted by atomic mass is 10.2. The minimum atomic E-state index is -0.373. The molecule has 27 heavy (non-hydrogen) atoms. The van der Waals surface area contributed by atoms with E-state index in [-0.39, 0.29) is 30.7 Å². The van der Waals surface area contributed by atoms with E-state index >= 15 is 0 Å². The molecule has 144 valence electrons. The highest BCUT2D eigenvalue weighted by Crippen LogP contribution is 2.29. The standard InChI is InChI=1S/C19H22FN3O4/c1-23(11-18(24)21-14-6-4-13(20)5-7-14)12-19(25)22-15-8-9-16(26-2)17(10-15)27-3/h4-10H,11-12H2,1-3H3,(H,21,24)(H,22,25)/p+1. The zero-order valence-corrected chi connectivity index (χ0v) is 15.5. The number of benzene rings is 2. The molecule has 8 heteroatoms. The van der Waals surface area contributed by atoms with Crippen molar-refractivity contribution in [1.29, 1.82) is 0 Å². The molecule has 2 amide bonds. The van der Waals surface area contributed by atoms with E-state index < -0.39 is 0 Å². The van der Waals surface area contributed by atoms with Crippen LogP contribution >= 0.6 is 0 Å². The third-order valence-corrected chi connectivity index (χ3v) is 3.72. The molecule has 2 aromatic rings. The van der Waals surface area contributed by atoms with Crippen molar-refractivity contribution in [3.8, 4) is 11.5 Å². The Labute approximate surface area is 157 Å². The van der Waals surface area contributed by atoms with Crippen LogP contribution in [0.15, 0.2) is 42.5 Å². The monoisotopic (exact) mass is 376 g/mol. The summed E-state index contributed by atoms with van der Waals surface area (Å²) in [6.07, 6.45) is 0. The summed E-state index contributed by atoms with van der Waals surface area (Å²) in [5, 5.41) is 5.42. The van der Waals surface area contributed by atoms with E-state index in [9.17, 15) is 14.0 Å². The van der Waals surface area contributed by atoms with Crippen molar-refractivity contribution in [3.05, 3.63) is 48.3 Å². The molecule has 0 aliphatic carbocycles. The lowest BCUT2D eigenvalue weighted by Gasteiger charge is -2.14. The number of halogens is 1. The molecule has 0 bridgehead atoms. The summed E-state index contributed by atoms with van der Waals surface area (Å²) >= 11 is 0. The van der Waals surface area contributed by atoms with Gasteiger partial charge in [0.1, 0.15) is 5.82 Å². The van der Waals surface area contributed by atoms with Crippen molar-refractivity contribution in [1.82, 2.24) is 0 Å². The van der Waals surface area contributed by atoms with Crippen molar-refractivity contribution in [2.24, 2.45) is 0 Å². The van der Waals surface area contributed by atoms with Gasteiger partial charge in [-0.15, -0.1) is 0 Å². The topological polar surface area (TPSA) is 81.1 Å². The maximum absolute atomic E-state index is 12.9. The fourth-order valence-electron chi connectivity index (χ4n) is 2.47. The average molecular weight is 376 g/mol. The van der Waals surface area contributed by atoms with Crippen LogP contribution in [0.3, 0.4) is 0 Å². The molecule has 2 rings (SSSR count). The number of quaternary nitrogens is 1. The molecule has 0 aliphatic heterocycles. The lowest BCUT2D eigenvalue weighted by Crippen LogP contribution is -3.11. The van der Waals surface area contributed by atoms with Crippen LogP contribution in [0.1, 0.15) is 0 Å². The predicted molar refractivity (Wildman–Crippen MR) is 99.8 cm³/mol. The smallest absolute Gasteiger partial charge is 0.279 e. The molecule has 2 aromatic carbocycles. The van der Waals surface area contributed by atoms with Gasteiger partial charge in [-0.1, -0.05) is 0 Å². The van der Waals surface area contributed by atoms with Gasteiger partial charge in [0.05, 0.1) is 21.3 Å². The highest BCUT2D eigenvalue weighted by molar-refractivity contribution is 5.93. The van der Waals surface area contributed by atoms with Crippen LogP contribution in [0.4, 0.5) is 15.8 Å². The Kier molecular flexibility index (Phi) is 7.13. The average Bonchev–Trinajstić information content (AvgIpc) is 2.63. The fourth-order valence-corrected chi connectivity index (χ4v) is 2.47. The van der Waals surface area contributed by atoms with Gasteiger partial charge in [0, 0.05) is 17.4 Å². The maximum atomic E-state index is 12.9. The first-order chi connectivity index (χ1) is 12.9. The first kappa shape index (κ1) is 20.2. The summed E-state index contributed by atoms with van der Waals surface area (Å²) < 4.78 is 23.2. The summed E-state index contributed by atoms with van der Waals surface area (Å²) in [6.45, 7) is 0.196. The van der Waals surface area contributed by atoms with Crippen LogP contribution in [-0.2, 0) is 9.59 Å². The molecular weight excluding hydrogens is 353 g/mol. The molecular formula is C19H23FN3O4+. The highest BCUT2D eigenvalue weighted by atomic mass is 19.1. The Bertz CT molecular complexity index is 796. The molecule has 1 atom stereocenters.